The molecule has 0 radical (unpaired) electrons. The van der Waals surface area contributed by atoms with Crippen LogP contribution in [0.2, 0.25) is 0 Å². The maximum atomic E-state index is 13.1. The quantitative estimate of drug-likeness (QED) is 0.808. The number of hydrogen-bond acceptors (Lipinski definition) is 3. The zero-order chi connectivity index (χ0) is 17.2. The van der Waals surface area contributed by atoms with Gasteiger partial charge in [0.25, 0.3) is 11.8 Å². The summed E-state index contributed by atoms with van der Waals surface area (Å²) >= 11 is 0. The predicted octanol–water partition coefficient (Wildman–Crippen LogP) is 3.06. The molecule has 4 heteroatoms. The molecule has 126 valence electrons. The van der Waals surface area contributed by atoms with E-state index in [1.807, 2.05) is 60.7 Å². The van der Waals surface area contributed by atoms with Gasteiger partial charge in [-0.05, 0) is 24.0 Å². The van der Waals surface area contributed by atoms with Crippen LogP contribution < -0.4 is 0 Å². The topological polar surface area (TPSA) is 40.6 Å². The highest BCUT2D eigenvalue weighted by molar-refractivity contribution is 6.35. The Bertz CT molecular complexity index is 821. The third-order valence-electron chi connectivity index (χ3n) is 4.81. The number of amides is 2. The molecule has 1 saturated heterocycles. The summed E-state index contributed by atoms with van der Waals surface area (Å²) in [7, 11) is 0. The number of carbonyl (C=O) groups is 2. The summed E-state index contributed by atoms with van der Waals surface area (Å²) in [6.07, 6.45) is 2.12. The molecular formula is C21H20N2O2. The van der Waals surface area contributed by atoms with Gasteiger partial charge >= 0.3 is 0 Å². The molecule has 25 heavy (non-hydrogen) atoms. The van der Waals surface area contributed by atoms with Crippen molar-refractivity contribution in [2.45, 2.75) is 19.4 Å². The molecule has 0 bridgehead atoms. The summed E-state index contributed by atoms with van der Waals surface area (Å²) in [5, 5.41) is 0. The minimum absolute atomic E-state index is 0.172. The van der Waals surface area contributed by atoms with Crippen LogP contribution in [0.4, 0.5) is 0 Å². The molecule has 0 unspecified atom stereocenters. The highest BCUT2D eigenvalue weighted by Gasteiger charge is 2.41. The number of carbonyl (C=O) groups excluding carboxylic acids is 2. The average Bonchev–Trinajstić information content (AvgIpc) is 3.26. The molecule has 4 rings (SSSR count). The van der Waals surface area contributed by atoms with Crippen molar-refractivity contribution in [3.05, 3.63) is 77.5 Å². The largest absolute Gasteiger partial charge is 0.366 e. The molecule has 0 N–H and O–H groups in total. The Kier molecular flexibility index (Phi) is 4.10. The number of nitrogens with zero attached hydrogens (tertiary/aromatic N) is 2. The maximum Gasteiger partial charge on any atom is 0.278 e. The molecule has 4 nitrogen and oxygen atoms in total. The molecule has 2 amide bonds. The fraction of sp³-hybridized carbons (Fsp3) is 0.238. The molecule has 2 heterocycles. The molecule has 2 aliphatic heterocycles. The summed E-state index contributed by atoms with van der Waals surface area (Å²) in [4.78, 5) is 29.7. The monoisotopic (exact) mass is 332 g/mol. The van der Waals surface area contributed by atoms with Crippen LogP contribution in [0, 0.1) is 0 Å². The van der Waals surface area contributed by atoms with Gasteiger partial charge in [0.2, 0.25) is 0 Å². The molecular weight excluding hydrogens is 312 g/mol. The van der Waals surface area contributed by atoms with E-state index in [-0.39, 0.29) is 11.8 Å². The number of benzene rings is 2. The zero-order valence-corrected chi connectivity index (χ0v) is 14.0. The summed E-state index contributed by atoms with van der Waals surface area (Å²) in [5.74, 6) is -0.364. The lowest BCUT2D eigenvalue weighted by Crippen LogP contribution is -2.34. The van der Waals surface area contributed by atoms with Crippen molar-refractivity contribution in [1.29, 1.82) is 0 Å². The highest BCUT2D eigenvalue weighted by atomic mass is 16.2. The molecule has 0 atom stereocenters. The van der Waals surface area contributed by atoms with Crippen LogP contribution in [-0.4, -0.2) is 34.7 Å². The van der Waals surface area contributed by atoms with Gasteiger partial charge < -0.3 is 4.90 Å². The Hall–Kier alpha value is -2.88. The first-order valence-electron chi connectivity index (χ1n) is 8.70. The van der Waals surface area contributed by atoms with Gasteiger partial charge in [-0.15, -0.1) is 0 Å². The Morgan fingerprint density at radius 3 is 2.00 bits per heavy atom. The molecule has 0 spiro atoms. The molecule has 2 aromatic carbocycles. The van der Waals surface area contributed by atoms with E-state index in [0.717, 1.165) is 37.1 Å². The number of rotatable bonds is 4. The van der Waals surface area contributed by atoms with Gasteiger partial charge in [0.1, 0.15) is 5.70 Å². The second-order valence-corrected chi connectivity index (χ2v) is 6.47. The van der Waals surface area contributed by atoms with Gasteiger partial charge in [-0.1, -0.05) is 60.7 Å². The van der Waals surface area contributed by atoms with Crippen LogP contribution in [0.25, 0.3) is 5.57 Å². The van der Waals surface area contributed by atoms with Crippen LogP contribution >= 0.6 is 0 Å². The molecule has 2 aliphatic rings. The first-order valence-corrected chi connectivity index (χ1v) is 8.70. The third kappa shape index (κ3) is 2.84. The van der Waals surface area contributed by atoms with Crippen LogP contribution in [-0.2, 0) is 16.1 Å². The van der Waals surface area contributed by atoms with Gasteiger partial charge in [0.05, 0.1) is 12.1 Å². The van der Waals surface area contributed by atoms with E-state index in [0.29, 0.717) is 17.8 Å². The van der Waals surface area contributed by atoms with E-state index < -0.39 is 0 Å². The lowest BCUT2D eigenvalue weighted by molar-refractivity contribution is -0.138. The summed E-state index contributed by atoms with van der Waals surface area (Å²) in [6, 6.07) is 19.2. The van der Waals surface area contributed by atoms with Gasteiger partial charge in [-0.2, -0.15) is 0 Å². The standard InChI is InChI=1S/C21H20N2O2/c24-20-18(17-11-5-2-6-12-17)19(22-13-7-8-14-22)21(25)23(20)15-16-9-3-1-4-10-16/h1-6,9-12H,7-8,13-15H2. The Morgan fingerprint density at radius 2 is 1.36 bits per heavy atom. The number of likely N-dealkylation sites (tertiary alicyclic amines) is 1. The number of imide groups is 1. The molecule has 0 aliphatic carbocycles. The van der Waals surface area contributed by atoms with Gasteiger partial charge in [0, 0.05) is 13.1 Å². The van der Waals surface area contributed by atoms with Crippen molar-refractivity contribution >= 4 is 17.4 Å². The van der Waals surface area contributed by atoms with E-state index in [4.69, 9.17) is 0 Å². The summed E-state index contributed by atoms with van der Waals surface area (Å²) in [5.41, 5.74) is 2.89. The lowest BCUT2D eigenvalue weighted by atomic mass is 10.0. The highest BCUT2D eigenvalue weighted by Crippen LogP contribution is 2.34. The SMILES string of the molecule is O=C1C(c2ccccc2)=C(N2CCCC2)C(=O)N1Cc1ccccc1. The minimum atomic E-state index is -0.193. The van der Waals surface area contributed by atoms with Crippen LogP contribution in [0.5, 0.6) is 0 Å². The second-order valence-electron chi connectivity index (χ2n) is 6.47. The first kappa shape index (κ1) is 15.6. The Labute approximate surface area is 147 Å². The maximum absolute atomic E-state index is 13.1. The van der Waals surface area contributed by atoms with E-state index >= 15 is 0 Å². The van der Waals surface area contributed by atoms with Crippen molar-refractivity contribution in [3.8, 4) is 0 Å². The molecule has 1 fully saturated rings. The average molecular weight is 332 g/mol. The van der Waals surface area contributed by atoms with E-state index in [1.54, 1.807) is 0 Å². The fourth-order valence-electron chi connectivity index (χ4n) is 3.57. The fourth-order valence-corrected chi connectivity index (χ4v) is 3.57. The van der Waals surface area contributed by atoms with Crippen LogP contribution in [0.1, 0.15) is 24.0 Å². The summed E-state index contributed by atoms with van der Waals surface area (Å²) in [6.45, 7) is 1.99. The molecule has 2 aromatic rings. The van der Waals surface area contributed by atoms with Crippen LogP contribution in [0.3, 0.4) is 0 Å². The smallest absolute Gasteiger partial charge is 0.278 e. The van der Waals surface area contributed by atoms with Crippen molar-refractivity contribution in [3.63, 3.8) is 0 Å². The van der Waals surface area contributed by atoms with Crippen molar-refractivity contribution in [1.82, 2.24) is 9.80 Å². The summed E-state index contributed by atoms with van der Waals surface area (Å²) < 4.78 is 0. The zero-order valence-electron chi connectivity index (χ0n) is 14.0. The molecule has 0 saturated carbocycles. The minimum Gasteiger partial charge on any atom is -0.366 e. The second kappa shape index (κ2) is 6.55. The van der Waals surface area contributed by atoms with Gasteiger partial charge in [-0.25, -0.2) is 0 Å². The molecule has 0 aromatic heterocycles. The first-order chi connectivity index (χ1) is 12.3. The van der Waals surface area contributed by atoms with Crippen molar-refractivity contribution in [2.75, 3.05) is 13.1 Å². The van der Waals surface area contributed by atoms with Crippen LogP contribution in [0.15, 0.2) is 66.4 Å². The van der Waals surface area contributed by atoms with Gasteiger partial charge in [-0.3, -0.25) is 14.5 Å². The Balaban J connectivity index is 1.74. The van der Waals surface area contributed by atoms with Gasteiger partial charge in [0.15, 0.2) is 0 Å². The van der Waals surface area contributed by atoms with E-state index in [9.17, 15) is 9.59 Å². The normalized spacial score (nSPS) is 17.8. The lowest BCUT2D eigenvalue weighted by Gasteiger charge is -2.20. The van der Waals surface area contributed by atoms with E-state index in [1.165, 1.54) is 4.90 Å². The van der Waals surface area contributed by atoms with Crippen molar-refractivity contribution in [2.24, 2.45) is 0 Å². The Morgan fingerprint density at radius 1 is 0.760 bits per heavy atom. The van der Waals surface area contributed by atoms with E-state index in [2.05, 4.69) is 4.90 Å². The third-order valence-corrected chi connectivity index (χ3v) is 4.81. The van der Waals surface area contributed by atoms with Crippen molar-refractivity contribution < 1.29 is 9.59 Å². The predicted molar refractivity (Wildman–Crippen MR) is 96.2 cm³/mol. The number of hydrogen-bond donors (Lipinski definition) is 0.